The summed E-state index contributed by atoms with van der Waals surface area (Å²) in [4.78, 5) is 59.9. The summed E-state index contributed by atoms with van der Waals surface area (Å²) >= 11 is 2.95. The number of urea groups is 2. The van der Waals surface area contributed by atoms with Gasteiger partial charge in [-0.15, -0.1) is 22.7 Å². The molecular formula is C43H46N12O2S2. The minimum absolute atomic E-state index is 0.295. The fourth-order valence-corrected chi connectivity index (χ4v) is 7.83. The quantitative estimate of drug-likeness (QED) is 0.0894. The van der Waals surface area contributed by atoms with E-state index in [1.807, 2.05) is 94.6 Å². The zero-order chi connectivity index (χ0) is 41.4. The standard InChI is InChI=1S/C20H17N7OS.C19H17N5OS.2C2H6/c28-19(26-17-6-2-5-16-18(17)25-11-24-16)27-20-21-9-12(29-20)7-8-15-13-3-1-4-14(13)22-10-23-15;25-18(23-13-5-2-1-3-6-13)24-19-20-11-14(26-19)9-10-17-15-7-4-8-16(15)21-12-22-17;2*1-2/h1-2,4-6,9-11H,3,7-8H2,(H,24,25)(H2,21,26,27,28);1-6,8,11-12H,7,9-10H2,(H2,20,23,24,25);2*1-2H3. The van der Waals surface area contributed by atoms with Crippen molar-refractivity contribution in [3.63, 3.8) is 0 Å². The number of fused-ring (bicyclic) bond motifs is 3. The number of carbonyl (C=O) groups excluding carboxylic acids is 2. The number of aryl methyl sites for hydroxylation is 4. The minimum Gasteiger partial charge on any atom is -0.345 e. The van der Waals surface area contributed by atoms with Gasteiger partial charge in [0.25, 0.3) is 0 Å². The molecule has 59 heavy (non-hydrogen) atoms. The summed E-state index contributed by atoms with van der Waals surface area (Å²) < 4.78 is 0. The predicted octanol–water partition coefficient (Wildman–Crippen LogP) is 9.79. The molecule has 16 heteroatoms. The topological polar surface area (TPSA) is 188 Å². The van der Waals surface area contributed by atoms with Gasteiger partial charge in [-0.2, -0.15) is 0 Å². The maximum atomic E-state index is 12.3. The lowest BCUT2D eigenvalue weighted by atomic mass is 10.1. The molecule has 0 bridgehead atoms. The lowest BCUT2D eigenvalue weighted by Crippen LogP contribution is -2.19. The van der Waals surface area contributed by atoms with Crippen LogP contribution in [0.5, 0.6) is 0 Å². The summed E-state index contributed by atoms with van der Waals surface area (Å²) in [5.41, 5.74) is 9.61. The second-order valence-electron chi connectivity index (χ2n) is 12.5. The van der Waals surface area contributed by atoms with E-state index >= 15 is 0 Å². The highest BCUT2D eigenvalue weighted by Crippen LogP contribution is 2.26. The molecule has 5 aromatic heterocycles. The minimum atomic E-state index is -0.346. The van der Waals surface area contributed by atoms with Crippen LogP contribution < -0.4 is 21.3 Å². The van der Waals surface area contributed by atoms with Gasteiger partial charge in [0.2, 0.25) is 0 Å². The van der Waals surface area contributed by atoms with Crippen LogP contribution in [0.25, 0.3) is 23.2 Å². The van der Waals surface area contributed by atoms with Gasteiger partial charge >= 0.3 is 12.1 Å². The van der Waals surface area contributed by atoms with Crippen LogP contribution in [0.1, 0.15) is 71.4 Å². The van der Waals surface area contributed by atoms with Crippen molar-refractivity contribution in [2.45, 2.75) is 66.2 Å². The van der Waals surface area contributed by atoms with Gasteiger partial charge in [-0.1, -0.05) is 64.1 Å². The summed E-state index contributed by atoms with van der Waals surface area (Å²) in [6.07, 6.45) is 21.9. The first kappa shape index (κ1) is 42.0. The third-order valence-corrected chi connectivity index (χ3v) is 10.8. The van der Waals surface area contributed by atoms with Gasteiger partial charge in [0.15, 0.2) is 10.3 Å². The lowest BCUT2D eigenvalue weighted by molar-refractivity contribution is 0.261. The Balaban J connectivity index is 0.000000184. The molecule has 2 aromatic carbocycles. The lowest BCUT2D eigenvalue weighted by Gasteiger charge is -2.06. The van der Waals surface area contributed by atoms with E-state index < -0.39 is 0 Å². The smallest absolute Gasteiger partial charge is 0.325 e. The molecule has 2 aliphatic carbocycles. The Labute approximate surface area is 350 Å². The van der Waals surface area contributed by atoms with Gasteiger partial charge < -0.3 is 15.6 Å². The number of benzene rings is 2. The zero-order valence-electron chi connectivity index (χ0n) is 33.3. The monoisotopic (exact) mass is 826 g/mol. The van der Waals surface area contributed by atoms with E-state index in [4.69, 9.17) is 0 Å². The van der Waals surface area contributed by atoms with Crippen molar-refractivity contribution < 1.29 is 9.59 Å². The molecule has 0 radical (unpaired) electrons. The van der Waals surface area contributed by atoms with Crippen molar-refractivity contribution >= 4 is 79.6 Å². The van der Waals surface area contributed by atoms with Crippen LogP contribution in [-0.2, 0) is 38.5 Å². The van der Waals surface area contributed by atoms with E-state index in [1.165, 1.54) is 33.8 Å². The number of nitrogens with zero attached hydrogens (tertiary/aromatic N) is 7. The first-order chi connectivity index (χ1) is 29.0. The summed E-state index contributed by atoms with van der Waals surface area (Å²) in [5.74, 6) is 0. The third-order valence-electron chi connectivity index (χ3n) is 8.83. The molecule has 0 unspecified atom stereocenters. The number of allylic oxidation sites excluding steroid dienone is 2. The molecule has 9 rings (SSSR count). The molecule has 0 spiro atoms. The van der Waals surface area contributed by atoms with Crippen LogP contribution in [0.4, 0.5) is 31.2 Å². The van der Waals surface area contributed by atoms with E-state index in [-0.39, 0.29) is 12.1 Å². The van der Waals surface area contributed by atoms with Crippen LogP contribution in [-0.4, -0.2) is 51.9 Å². The van der Waals surface area contributed by atoms with Crippen molar-refractivity contribution in [2.75, 3.05) is 21.3 Å². The summed E-state index contributed by atoms with van der Waals surface area (Å²) in [6.45, 7) is 8.00. The fraction of sp³-hybridized carbons (Fsp3) is 0.233. The number of aromatic amines is 1. The Morgan fingerprint density at radius 3 is 1.75 bits per heavy atom. The van der Waals surface area contributed by atoms with E-state index in [0.717, 1.165) is 82.3 Å². The Bertz CT molecular complexity index is 2530. The van der Waals surface area contributed by atoms with Crippen LogP contribution in [0.15, 0.2) is 92.1 Å². The second-order valence-corrected chi connectivity index (χ2v) is 14.7. The highest BCUT2D eigenvalue weighted by atomic mass is 32.1. The Hall–Kier alpha value is -6.65. The number of thiazole rings is 2. The molecule has 14 nitrogen and oxygen atoms in total. The number of anilines is 4. The highest BCUT2D eigenvalue weighted by Gasteiger charge is 2.16. The molecule has 0 aliphatic heterocycles. The molecule has 302 valence electrons. The number of amides is 4. The SMILES string of the molecule is CC.CC.O=C(Nc1ccccc1)Nc1ncc(CCc2ncnc3c2CC=C3)s1.O=C(Nc1ncc(CCc2ncnc3c2CC=C3)s1)Nc1cccc2[nH]cnc12. The molecule has 0 saturated heterocycles. The van der Waals surface area contributed by atoms with Gasteiger partial charge in [-0.25, -0.2) is 44.5 Å². The average Bonchev–Trinajstić information content (AvgIpc) is 4.13. The normalized spacial score (nSPS) is 11.5. The fourth-order valence-electron chi connectivity index (χ4n) is 6.21. The van der Waals surface area contributed by atoms with Crippen molar-refractivity contribution in [1.29, 1.82) is 0 Å². The molecule has 2 aliphatic rings. The maximum Gasteiger partial charge on any atom is 0.325 e. The third kappa shape index (κ3) is 11.3. The van der Waals surface area contributed by atoms with Crippen LogP contribution >= 0.6 is 22.7 Å². The number of aromatic nitrogens is 8. The highest BCUT2D eigenvalue weighted by molar-refractivity contribution is 7.16. The summed E-state index contributed by atoms with van der Waals surface area (Å²) in [7, 11) is 0. The molecule has 0 atom stereocenters. The number of nitrogens with one attached hydrogen (secondary N) is 5. The molecule has 5 heterocycles. The van der Waals surface area contributed by atoms with E-state index in [2.05, 4.69) is 73.3 Å². The number of hydrogen-bond acceptors (Lipinski definition) is 11. The van der Waals surface area contributed by atoms with E-state index in [9.17, 15) is 9.59 Å². The summed E-state index contributed by atoms with van der Waals surface area (Å²) in [6, 6.07) is 14.2. The van der Waals surface area contributed by atoms with Crippen molar-refractivity contribution in [2.24, 2.45) is 0 Å². The largest absolute Gasteiger partial charge is 0.345 e. The first-order valence-electron chi connectivity index (χ1n) is 19.5. The Morgan fingerprint density at radius 2 is 1.17 bits per heavy atom. The molecule has 7 aromatic rings. The van der Waals surface area contributed by atoms with Crippen LogP contribution in [0.3, 0.4) is 0 Å². The van der Waals surface area contributed by atoms with Crippen molar-refractivity contribution in [3.8, 4) is 0 Å². The molecule has 0 fully saturated rings. The molecule has 4 amide bonds. The number of hydrogen-bond donors (Lipinski definition) is 5. The number of imidazole rings is 1. The Kier molecular flexibility index (Phi) is 15.1. The molecular weight excluding hydrogens is 781 g/mol. The number of carbonyl (C=O) groups is 2. The van der Waals surface area contributed by atoms with Crippen molar-refractivity contribution in [3.05, 3.63) is 136 Å². The van der Waals surface area contributed by atoms with Gasteiger partial charge in [0, 0.05) is 50.4 Å². The first-order valence-corrected chi connectivity index (χ1v) is 21.2. The van der Waals surface area contributed by atoms with Crippen molar-refractivity contribution in [1.82, 2.24) is 39.9 Å². The van der Waals surface area contributed by atoms with E-state index in [0.29, 0.717) is 21.5 Å². The molecule has 5 N–H and O–H groups in total. The van der Waals surface area contributed by atoms with Crippen LogP contribution in [0, 0.1) is 0 Å². The van der Waals surface area contributed by atoms with Gasteiger partial charge in [-0.3, -0.25) is 10.6 Å². The number of para-hydroxylation sites is 2. The predicted molar refractivity (Wildman–Crippen MR) is 239 cm³/mol. The van der Waals surface area contributed by atoms with Gasteiger partial charge in [0.05, 0.1) is 28.9 Å². The second kappa shape index (κ2) is 21.2. The zero-order valence-corrected chi connectivity index (χ0v) is 35.0. The van der Waals surface area contributed by atoms with Crippen LogP contribution in [0.2, 0.25) is 0 Å². The Morgan fingerprint density at radius 1 is 0.610 bits per heavy atom. The maximum absolute atomic E-state index is 12.3. The average molecular weight is 827 g/mol. The number of H-pyrrole nitrogens is 1. The van der Waals surface area contributed by atoms with E-state index in [1.54, 1.807) is 25.2 Å². The van der Waals surface area contributed by atoms with Gasteiger partial charge in [0.1, 0.15) is 18.2 Å². The number of rotatable bonds is 10. The van der Waals surface area contributed by atoms with Gasteiger partial charge in [-0.05, 0) is 74.9 Å². The summed E-state index contributed by atoms with van der Waals surface area (Å²) in [5, 5.41) is 12.3. The molecule has 0 saturated carbocycles.